The molecule has 0 aliphatic heterocycles. The van der Waals surface area contributed by atoms with Gasteiger partial charge in [0.05, 0.1) is 11.6 Å². The minimum atomic E-state index is -0.180. The minimum Gasteiger partial charge on any atom is -0.324 e. The lowest BCUT2D eigenvalue weighted by Crippen LogP contribution is -2.24. The molecule has 0 fully saturated rings. The first kappa shape index (κ1) is 12.1. The van der Waals surface area contributed by atoms with Gasteiger partial charge < -0.3 is 11.1 Å². The van der Waals surface area contributed by atoms with Gasteiger partial charge in [0.2, 0.25) is 5.91 Å². The van der Waals surface area contributed by atoms with Crippen molar-refractivity contribution in [2.24, 2.45) is 11.7 Å². The topological polar surface area (TPSA) is 68.0 Å². The third-order valence-corrected chi connectivity index (χ3v) is 3.10. The van der Waals surface area contributed by atoms with Gasteiger partial charge in [-0.1, -0.05) is 23.8 Å². The van der Waals surface area contributed by atoms with E-state index in [1.54, 1.807) is 12.3 Å². The normalized spacial score (nSPS) is 22.8. The van der Waals surface area contributed by atoms with Crippen LogP contribution in [0.5, 0.6) is 0 Å². The number of nitrogens with zero attached hydrogens (tertiary/aromatic N) is 1. The number of carbonyl (C=O) groups excluding carboxylic acids is 1. The van der Waals surface area contributed by atoms with Crippen LogP contribution in [0.25, 0.3) is 0 Å². The number of carbonyl (C=O) groups is 1. The minimum absolute atomic E-state index is 0.0313. The summed E-state index contributed by atoms with van der Waals surface area (Å²) in [6, 6.07) is 1.77. The zero-order valence-corrected chi connectivity index (χ0v) is 10.2. The molecule has 2 unspecified atom stereocenters. The average molecular weight is 252 g/mol. The average Bonchev–Trinajstić information content (AvgIpc) is 2.70. The number of aromatic nitrogens is 1. The van der Waals surface area contributed by atoms with Gasteiger partial charge >= 0.3 is 0 Å². The fourth-order valence-electron chi connectivity index (χ4n) is 1.81. The molecule has 0 saturated carbocycles. The van der Waals surface area contributed by atoms with Crippen molar-refractivity contribution >= 4 is 23.2 Å². The number of anilines is 1. The van der Waals surface area contributed by atoms with Gasteiger partial charge in [-0.05, 0) is 25.0 Å². The Morgan fingerprint density at radius 3 is 2.94 bits per heavy atom. The van der Waals surface area contributed by atoms with Crippen molar-refractivity contribution in [1.82, 2.24) is 4.98 Å². The highest BCUT2D eigenvalue weighted by Gasteiger charge is 2.23. The van der Waals surface area contributed by atoms with Gasteiger partial charge in [0.1, 0.15) is 0 Å². The van der Waals surface area contributed by atoms with Crippen molar-refractivity contribution in [2.45, 2.75) is 19.4 Å². The molecule has 1 heterocycles. The summed E-state index contributed by atoms with van der Waals surface area (Å²) in [7, 11) is 0. The monoisotopic (exact) mass is 251 g/mol. The molecule has 0 bridgehead atoms. The largest absolute Gasteiger partial charge is 0.324 e. The molecule has 2 atom stereocenters. The second kappa shape index (κ2) is 4.85. The molecule has 1 aromatic rings. The first-order valence-corrected chi connectivity index (χ1v) is 5.81. The lowest BCUT2D eigenvalue weighted by molar-refractivity contribution is -0.118. The number of pyridine rings is 1. The summed E-state index contributed by atoms with van der Waals surface area (Å²) < 4.78 is 0. The van der Waals surface area contributed by atoms with Gasteiger partial charge in [0.25, 0.3) is 0 Å². The summed E-state index contributed by atoms with van der Waals surface area (Å²) in [5.41, 5.74) is 7.18. The van der Waals surface area contributed by atoms with Gasteiger partial charge in [-0.25, -0.2) is 4.98 Å². The molecule has 0 spiro atoms. The van der Waals surface area contributed by atoms with E-state index in [-0.39, 0.29) is 17.9 Å². The maximum atomic E-state index is 12.0. The highest BCUT2D eigenvalue weighted by Crippen LogP contribution is 2.25. The van der Waals surface area contributed by atoms with Crippen molar-refractivity contribution in [3.8, 4) is 0 Å². The molecule has 0 saturated heterocycles. The molecular weight excluding hydrogens is 238 g/mol. The zero-order valence-electron chi connectivity index (χ0n) is 9.48. The lowest BCUT2D eigenvalue weighted by atomic mass is 10.1. The Labute approximate surface area is 105 Å². The smallest absolute Gasteiger partial charge is 0.231 e. The highest BCUT2D eigenvalue weighted by atomic mass is 35.5. The molecule has 1 amide bonds. The Kier molecular flexibility index (Phi) is 3.45. The number of amides is 1. The van der Waals surface area contributed by atoms with E-state index in [4.69, 9.17) is 17.3 Å². The second-order valence-electron chi connectivity index (χ2n) is 4.17. The summed E-state index contributed by atoms with van der Waals surface area (Å²) in [6.45, 7) is 1.87. The van der Waals surface area contributed by atoms with Crippen LogP contribution in [0.1, 0.15) is 12.0 Å². The summed E-state index contributed by atoms with van der Waals surface area (Å²) in [6.07, 6.45) is 5.93. The Hall–Kier alpha value is -1.39. The molecule has 1 aromatic heterocycles. The van der Waals surface area contributed by atoms with Crippen molar-refractivity contribution in [3.05, 3.63) is 35.1 Å². The molecule has 4 nitrogen and oxygen atoms in total. The first-order valence-electron chi connectivity index (χ1n) is 5.44. The predicted molar refractivity (Wildman–Crippen MR) is 67.8 cm³/mol. The van der Waals surface area contributed by atoms with E-state index in [1.165, 1.54) is 0 Å². The molecule has 1 aliphatic rings. The third kappa shape index (κ3) is 2.65. The standard InChI is InChI=1S/C12H14ClN3O/c1-7-4-5-15-11(13)10(7)16-12(17)8-2-3-9(14)6-8/h2-5,8-9H,6,14H2,1H3,(H,16,17). The number of nitrogens with one attached hydrogen (secondary N) is 1. The van der Waals surface area contributed by atoms with Crippen LogP contribution in [0.3, 0.4) is 0 Å². The van der Waals surface area contributed by atoms with Gasteiger partial charge in [-0.3, -0.25) is 4.79 Å². The van der Waals surface area contributed by atoms with Crippen LogP contribution in [0.2, 0.25) is 5.15 Å². The molecule has 5 heteroatoms. The Morgan fingerprint density at radius 1 is 1.59 bits per heavy atom. The van der Waals surface area contributed by atoms with E-state index in [0.29, 0.717) is 17.3 Å². The summed E-state index contributed by atoms with van der Waals surface area (Å²) in [4.78, 5) is 15.9. The van der Waals surface area contributed by atoms with Gasteiger partial charge in [-0.15, -0.1) is 0 Å². The fraction of sp³-hybridized carbons (Fsp3) is 0.333. The molecule has 0 radical (unpaired) electrons. The van der Waals surface area contributed by atoms with Crippen LogP contribution in [0.4, 0.5) is 5.69 Å². The van der Waals surface area contributed by atoms with Gasteiger partial charge in [-0.2, -0.15) is 0 Å². The number of rotatable bonds is 2. The van der Waals surface area contributed by atoms with Crippen molar-refractivity contribution in [3.63, 3.8) is 0 Å². The molecule has 0 aromatic carbocycles. The number of nitrogens with two attached hydrogens (primary N) is 1. The van der Waals surface area contributed by atoms with Crippen LogP contribution in [-0.2, 0) is 4.79 Å². The SMILES string of the molecule is Cc1ccnc(Cl)c1NC(=O)C1C=CC(N)C1. The molecule has 90 valence electrons. The summed E-state index contributed by atoms with van der Waals surface area (Å²) in [5, 5.41) is 3.11. The fourth-order valence-corrected chi connectivity index (χ4v) is 2.07. The van der Waals surface area contributed by atoms with E-state index in [0.717, 1.165) is 5.56 Å². The van der Waals surface area contributed by atoms with Gasteiger partial charge in [0, 0.05) is 12.2 Å². The zero-order chi connectivity index (χ0) is 12.4. The quantitative estimate of drug-likeness (QED) is 0.623. The molecule has 3 N–H and O–H groups in total. The van der Waals surface area contributed by atoms with E-state index < -0.39 is 0 Å². The van der Waals surface area contributed by atoms with Crippen molar-refractivity contribution < 1.29 is 4.79 Å². The number of hydrogen-bond donors (Lipinski definition) is 2. The van der Waals surface area contributed by atoms with E-state index in [2.05, 4.69) is 10.3 Å². The Bertz CT molecular complexity index is 453. The molecular formula is C12H14ClN3O. The summed E-state index contributed by atoms with van der Waals surface area (Å²) in [5.74, 6) is -0.270. The Balaban J connectivity index is 2.11. The highest BCUT2D eigenvalue weighted by molar-refractivity contribution is 6.32. The maximum absolute atomic E-state index is 12.0. The van der Waals surface area contributed by atoms with Crippen molar-refractivity contribution in [1.29, 1.82) is 0 Å². The van der Waals surface area contributed by atoms with Crippen LogP contribution in [-0.4, -0.2) is 16.9 Å². The predicted octanol–water partition coefficient (Wildman–Crippen LogP) is 1.89. The molecule has 17 heavy (non-hydrogen) atoms. The third-order valence-electron chi connectivity index (χ3n) is 2.81. The summed E-state index contributed by atoms with van der Waals surface area (Å²) >= 11 is 5.94. The van der Waals surface area contributed by atoms with Crippen LogP contribution < -0.4 is 11.1 Å². The number of hydrogen-bond acceptors (Lipinski definition) is 3. The number of halogens is 1. The van der Waals surface area contributed by atoms with E-state index >= 15 is 0 Å². The molecule has 1 aliphatic carbocycles. The Morgan fingerprint density at radius 2 is 2.35 bits per heavy atom. The van der Waals surface area contributed by atoms with E-state index in [9.17, 15) is 4.79 Å². The van der Waals surface area contributed by atoms with Crippen LogP contribution >= 0.6 is 11.6 Å². The maximum Gasteiger partial charge on any atom is 0.231 e. The first-order chi connectivity index (χ1) is 8.08. The van der Waals surface area contributed by atoms with Crippen molar-refractivity contribution in [2.75, 3.05) is 5.32 Å². The van der Waals surface area contributed by atoms with Crippen LogP contribution in [0.15, 0.2) is 24.4 Å². The van der Waals surface area contributed by atoms with E-state index in [1.807, 2.05) is 19.1 Å². The lowest BCUT2D eigenvalue weighted by Gasteiger charge is -2.13. The number of aryl methyl sites for hydroxylation is 1. The van der Waals surface area contributed by atoms with Gasteiger partial charge in [0.15, 0.2) is 5.15 Å². The second-order valence-corrected chi connectivity index (χ2v) is 4.53. The van der Waals surface area contributed by atoms with Crippen LogP contribution in [0, 0.1) is 12.8 Å². The molecule has 2 rings (SSSR count).